The maximum Gasteiger partial charge on any atom is 0.226 e. The fraction of sp³-hybridized carbons (Fsp3) is 0.316. The van der Waals surface area contributed by atoms with Crippen LogP contribution in [0.4, 0.5) is 11.4 Å². The van der Waals surface area contributed by atoms with Crippen LogP contribution in [0.15, 0.2) is 36.4 Å². The van der Waals surface area contributed by atoms with Crippen molar-refractivity contribution in [2.75, 3.05) is 17.2 Å². The molecule has 2 aromatic rings. The van der Waals surface area contributed by atoms with Gasteiger partial charge in [0.1, 0.15) is 0 Å². The monoisotopic (exact) mass is 296 g/mol. The minimum Gasteiger partial charge on any atom is -0.384 e. The molecule has 2 rings (SSSR count). The van der Waals surface area contributed by atoms with Crippen LogP contribution in [0.25, 0.3) is 0 Å². The molecule has 0 aromatic heterocycles. The lowest BCUT2D eigenvalue weighted by Gasteiger charge is -2.11. The third-order valence-corrected chi connectivity index (χ3v) is 3.85. The smallest absolute Gasteiger partial charge is 0.226 e. The molecule has 0 radical (unpaired) electrons. The van der Waals surface area contributed by atoms with Gasteiger partial charge in [0.05, 0.1) is 0 Å². The van der Waals surface area contributed by atoms with Crippen LogP contribution in [-0.4, -0.2) is 12.5 Å². The Kier molecular flexibility index (Phi) is 5.21. The lowest BCUT2D eigenvalue weighted by atomic mass is 10.1. The number of carbonyl (C=O) groups excluding carboxylic acids is 1. The Morgan fingerprint density at radius 1 is 0.909 bits per heavy atom. The molecular weight excluding hydrogens is 272 g/mol. The van der Waals surface area contributed by atoms with Gasteiger partial charge in [-0.25, -0.2) is 0 Å². The Morgan fingerprint density at radius 2 is 1.64 bits per heavy atom. The first-order chi connectivity index (χ1) is 10.5. The highest BCUT2D eigenvalue weighted by atomic mass is 16.1. The number of aryl methyl sites for hydroxylation is 4. The zero-order valence-electron chi connectivity index (χ0n) is 13.8. The lowest BCUT2D eigenvalue weighted by Crippen LogP contribution is -2.16. The van der Waals surface area contributed by atoms with Crippen molar-refractivity contribution >= 4 is 17.3 Å². The van der Waals surface area contributed by atoms with Crippen molar-refractivity contribution in [3.63, 3.8) is 0 Å². The first-order valence-electron chi connectivity index (χ1n) is 7.64. The summed E-state index contributed by atoms with van der Waals surface area (Å²) in [4.78, 5) is 12.0. The molecule has 0 saturated carbocycles. The quantitative estimate of drug-likeness (QED) is 0.860. The predicted octanol–water partition coefficient (Wildman–Crippen LogP) is 4.36. The average molecular weight is 296 g/mol. The SMILES string of the molecule is Cc1ccc(C)c(NCCC(=O)Nc2ccc(C)c(C)c2)c1. The number of carbonyl (C=O) groups is 1. The van der Waals surface area contributed by atoms with Gasteiger partial charge in [-0.15, -0.1) is 0 Å². The zero-order valence-corrected chi connectivity index (χ0v) is 13.8. The standard InChI is InChI=1S/C19H24N2O/c1-13-5-6-15(3)18(11-13)20-10-9-19(22)21-17-8-7-14(2)16(4)12-17/h5-8,11-12,20H,9-10H2,1-4H3,(H,21,22). The van der Waals surface area contributed by atoms with E-state index in [9.17, 15) is 4.79 Å². The fourth-order valence-corrected chi connectivity index (χ4v) is 2.28. The Balaban J connectivity index is 1.85. The van der Waals surface area contributed by atoms with Gasteiger partial charge in [-0.3, -0.25) is 4.79 Å². The van der Waals surface area contributed by atoms with Gasteiger partial charge in [0.15, 0.2) is 0 Å². The van der Waals surface area contributed by atoms with Crippen molar-refractivity contribution in [2.24, 2.45) is 0 Å². The highest BCUT2D eigenvalue weighted by molar-refractivity contribution is 5.91. The normalized spacial score (nSPS) is 10.4. The maximum absolute atomic E-state index is 12.0. The molecule has 0 unspecified atom stereocenters. The third kappa shape index (κ3) is 4.35. The van der Waals surface area contributed by atoms with Gasteiger partial charge in [0.25, 0.3) is 0 Å². The average Bonchev–Trinajstić information content (AvgIpc) is 2.46. The first-order valence-corrected chi connectivity index (χ1v) is 7.64. The minimum atomic E-state index is 0.0288. The molecule has 0 aliphatic carbocycles. The number of hydrogen-bond donors (Lipinski definition) is 2. The molecule has 0 spiro atoms. The number of nitrogens with one attached hydrogen (secondary N) is 2. The number of benzene rings is 2. The lowest BCUT2D eigenvalue weighted by molar-refractivity contribution is -0.115. The summed E-state index contributed by atoms with van der Waals surface area (Å²) < 4.78 is 0. The summed E-state index contributed by atoms with van der Waals surface area (Å²) in [7, 11) is 0. The molecule has 22 heavy (non-hydrogen) atoms. The molecule has 0 atom stereocenters. The fourth-order valence-electron chi connectivity index (χ4n) is 2.28. The van der Waals surface area contributed by atoms with E-state index in [0.717, 1.165) is 11.4 Å². The molecule has 0 heterocycles. The van der Waals surface area contributed by atoms with Crippen LogP contribution in [0.1, 0.15) is 28.7 Å². The topological polar surface area (TPSA) is 41.1 Å². The molecule has 0 aliphatic rings. The molecule has 0 aliphatic heterocycles. The maximum atomic E-state index is 12.0. The van der Waals surface area contributed by atoms with Crippen molar-refractivity contribution in [1.29, 1.82) is 0 Å². The summed E-state index contributed by atoms with van der Waals surface area (Å²) >= 11 is 0. The second-order valence-electron chi connectivity index (χ2n) is 5.84. The molecule has 3 nitrogen and oxygen atoms in total. The Morgan fingerprint density at radius 3 is 2.36 bits per heavy atom. The summed E-state index contributed by atoms with van der Waals surface area (Å²) in [5.74, 6) is 0.0288. The van der Waals surface area contributed by atoms with Gasteiger partial charge in [-0.05, 0) is 68.1 Å². The minimum absolute atomic E-state index is 0.0288. The first kappa shape index (κ1) is 16.1. The Labute approximate surface area is 132 Å². The summed E-state index contributed by atoms with van der Waals surface area (Å²) in [5.41, 5.74) is 6.78. The molecular formula is C19H24N2O. The number of amides is 1. The summed E-state index contributed by atoms with van der Waals surface area (Å²) in [5, 5.41) is 6.27. The van der Waals surface area contributed by atoms with Crippen molar-refractivity contribution in [3.05, 3.63) is 58.7 Å². The van der Waals surface area contributed by atoms with Crippen LogP contribution in [-0.2, 0) is 4.79 Å². The van der Waals surface area contributed by atoms with E-state index < -0.39 is 0 Å². The van der Waals surface area contributed by atoms with Crippen LogP contribution in [0.5, 0.6) is 0 Å². The van der Waals surface area contributed by atoms with Crippen LogP contribution in [0.2, 0.25) is 0 Å². The van der Waals surface area contributed by atoms with Gasteiger partial charge in [0, 0.05) is 24.3 Å². The van der Waals surface area contributed by atoms with Crippen molar-refractivity contribution < 1.29 is 4.79 Å². The van der Waals surface area contributed by atoms with E-state index in [1.165, 1.54) is 22.3 Å². The van der Waals surface area contributed by atoms with Gasteiger partial charge in [0.2, 0.25) is 5.91 Å². The number of anilines is 2. The number of rotatable bonds is 5. The van der Waals surface area contributed by atoms with Crippen molar-refractivity contribution in [3.8, 4) is 0 Å². The summed E-state index contributed by atoms with van der Waals surface area (Å²) in [6.45, 7) is 8.87. The molecule has 0 fully saturated rings. The Hall–Kier alpha value is -2.29. The largest absolute Gasteiger partial charge is 0.384 e. The molecule has 116 valence electrons. The Bertz CT molecular complexity index is 677. The second-order valence-corrected chi connectivity index (χ2v) is 5.84. The van der Waals surface area contributed by atoms with Gasteiger partial charge >= 0.3 is 0 Å². The highest BCUT2D eigenvalue weighted by Crippen LogP contribution is 2.17. The number of hydrogen-bond acceptors (Lipinski definition) is 2. The van der Waals surface area contributed by atoms with Gasteiger partial charge in [-0.2, -0.15) is 0 Å². The van der Waals surface area contributed by atoms with E-state index in [-0.39, 0.29) is 5.91 Å². The zero-order chi connectivity index (χ0) is 16.1. The van der Waals surface area contributed by atoms with Crippen LogP contribution >= 0.6 is 0 Å². The van der Waals surface area contributed by atoms with E-state index >= 15 is 0 Å². The molecule has 0 saturated heterocycles. The molecule has 1 amide bonds. The van der Waals surface area contributed by atoms with E-state index in [1.807, 2.05) is 25.1 Å². The molecule has 3 heteroatoms. The van der Waals surface area contributed by atoms with Gasteiger partial charge in [-0.1, -0.05) is 18.2 Å². The summed E-state index contributed by atoms with van der Waals surface area (Å²) in [6.07, 6.45) is 0.445. The van der Waals surface area contributed by atoms with Crippen molar-refractivity contribution in [1.82, 2.24) is 0 Å². The van der Waals surface area contributed by atoms with Crippen LogP contribution < -0.4 is 10.6 Å². The van der Waals surface area contributed by atoms with E-state index in [1.54, 1.807) is 0 Å². The highest BCUT2D eigenvalue weighted by Gasteiger charge is 2.04. The van der Waals surface area contributed by atoms with Crippen LogP contribution in [0, 0.1) is 27.7 Å². The molecule has 2 N–H and O–H groups in total. The molecule has 0 bridgehead atoms. The van der Waals surface area contributed by atoms with E-state index in [4.69, 9.17) is 0 Å². The van der Waals surface area contributed by atoms with Gasteiger partial charge < -0.3 is 10.6 Å². The van der Waals surface area contributed by atoms with Crippen LogP contribution in [0.3, 0.4) is 0 Å². The van der Waals surface area contributed by atoms with E-state index in [2.05, 4.69) is 49.6 Å². The molecule has 2 aromatic carbocycles. The van der Waals surface area contributed by atoms with E-state index in [0.29, 0.717) is 13.0 Å². The summed E-state index contributed by atoms with van der Waals surface area (Å²) in [6, 6.07) is 12.3. The third-order valence-electron chi connectivity index (χ3n) is 3.85. The van der Waals surface area contributed by atoms with Crippen molar-refractivity contribution in [2.45, 2.75) is 34.1 Å². The predicted molar refractivity (Wildman–Crippen MR) is 93.6 cm³/mol. The second kappa shape index (κ2) is 7.12.